The van der Waals surface area contributed by atoms with E-state index < -0.39 is 11.4 Å². The maximum absolute atomic E-state index is 11.7. The van der Waals surface area contributed by atoms with Crippen molar-refractivity contribution < 1.29 is 14.3 Å². The highest BCUT2D eigenvalue weighted by Gasteiger charge is 2.41. The highest BCUT2D eigenvalue weighted by Crippen LogP contribution is 2.39. The Labute approximate surface area is 117 Å². The standard InChI is InChI=1S/C16H19NO3/c1-11-5-6-12-13(9-11)20-14(17-12)10-16(15(18)19)7-3-2-4-8-16/h5-6,9H,2-4,7-8,10H2,1H3,(H,18,19). The molecule has 2 aromatic rings. The minimum atomic E-state index is -0.712. The number of carbonyl (C=O) groups is 1. The Kier molecular flexibility index (Phi) is 3.24. The molecule has 1 aromatic carbocycles. The van der Waals surface area contributed by atoms with E-state index in [1.54, 1.807) is 0 Å². The molecule has 1 aliphatic carbocycles. The van der Waals surface area contributed by atoms with Gasteiger partial charge in [-0.2, -0.15) is 0 Å². The molecular formula is C16H19NO3. The highest BCUT2D eigenvalue weighted by atomic mass is 16.4. The third-order valence-electron chi connectivity index (χ3n) is 4.34. The van der Waals surface area contributed by atoms with Crippen LogP contribution in [0.25, 0.3) is 11.1 Å². The Hall–Kier alpha value is -1.84. The van der Waals surface area contributed by atoms with E-state index in [1.807, 2.05) is 25.1 Å². The summed E-state index contributed by atoms with van der Waals surface area (Å²) in [6.45, 7) is 2.00. The first kappa shape index (κ1) is 13.2. The molecule has 0 unspecified atom stereocenters. The molecule has 0 amide bonds. The van der Waals surface area contributed by atoms with Crippen molar-refractivity contribution in [2.24, 2.45) is 5.41 Å². The fourth-order valence-electron chi connectivity index (χ4n) is 3.14. The van der Waals surface area contributed by atoms with E-state index in [4.69, 9.17) is 4.42 Å². The van der Waals surface area contributed by atoms with Crippen molar-refractivity contribution in [3.63, 3.8) is 0 Å². The Morgan fingerprint density at radius 2 is 2.10 bits per heavy atom. The second-order valence-electron chi connectivity index (χ2n) is 5.90. The average Bonchev–Trinajstić information content (AvgIpc) is 2.80. The molecule has 1 heterocycles. The van der Waals surface area contributed by atoms with Crippen molar-refractivity contribution >= 4 is 17.1 Å². The van der Waals surface area contributed by atoms with Crippen LogP contribution in [0, 0.1) is 12.3 Å². The Balaban J connectivity index is 1.92. The van der Waals surface area contributed by atoms with Crippen molar-refractivity contribution in [2.75, 3.05) is 0 Å². The highest BCUT2D eigenvalue weighted by molar-refractivity contribution is 5.76. The summed E-state index contributed by atoms with van der Waals surface area (Å²) in [6.07, 6.45) is 4.93. The molecule has 3 rings (SSSR count). The van der Waals surface area contributed by atoms with Gasteiger partial charge in [-0.25, -0.2) is 4.98 Å². The van der Waals surface area contributed by atoms with E-state index in [1.165, 1.54) is 0 Å². The summed E-state index contributed by atoms with van der Waals surface area (Å²) in [6, 6.07) is 5.86. The monoisotopic (exact) mass is 273 g/mol. The Bertz CT molecular complexity index is 638. The van der Waals surface area contributed by atoms with Crippen molar-refractivity contribution in [3.05, 3.63) is 29.7 Å². The van der Waals surface area contributed by atoms with E-state index >= 15 is 0 Å². The fraction of sp³-hybridized carbons (Fsp3) is 0.500. The summed E-state index contributed by atoms with van der Waals surface area (Å²) in [7, 11) is 0. The van der Waals surface area contributed by atoms with Gasteiger partial charge in [0.2, 0.25) is 0 Å². The SMILES string of the molecule is Cc1ccc2nc(CC3(C(=O)O)CCCCC3)oc2c1. The summed E-state index contributed by atoms with van der Waals surface area (Å²) < 4.78 is 5.75. The lowest BCUT2D eigenvalue weighted by Gasteiger charge is -2.31. The van der Waals surface area contributed by atoms with Crippen LogP contribution < -0.4 is 0 Å². The maximum Gasteiger partial charge on any atom is 0.310 e. The molecule has 1 fully saturated rings. The van der Waals surface area contributed by atoms with Crippen molar-refractivity contribution in [1.29, 1.82) is 0 Å². The second-order valence-corrected chi connectivity index (χ2v) is 5.90. The number of aliphatic carboxylic acids is 1. The van der Waals surface area contributed by atoms with Crippen LogP contribution in [0.1, 0.15) is 43.6 Å². The number of hydrogen-bond donors (Lipinski definition) is 1. The number of oxazole rings is 1. The normalized spacial score (nSPS) is 18.2. The lowest BCUT2D eigenvalue weighted by atomic mass is 9.72. The molecule has 1 aliphatic rings. The van der Waals surface area contributed by atoms with Crippen LogP contribution in [0.2, 0.25) is 0 Å². The molecule has 0 atom stereocenters. The van der Waals surface area contributed by atoms with Crippen molar-refractivity contribution in [1.82, 2.24) is 4.98 Å². The number of rotatable bonds is 3. The zero-order valence-electron chi connectivity index (χ0n) is 11.7. The third kappa shape index (κ3) is 2.30. The van der Waals surface area contributed by atoms with Crippen molar-refractivity contribution in [3.8, 4) is 0 Å². The van der Waals surface area contributed by atoms with Gasteiger partial charge in [0.25, 0.3) is 0 Å². The van der Waals surface area contributed by atoms with E-state index in [0.29, 0.717) is 12.3 Å². The molecule has 1 N–H and O–H groups in total. The molecule has 0 aliphatic heterocycles. The van der Waals surface area contributed by atoms with Gasteiger partial charge in [0.05, 0.1) is 5.41 Å². The zero-order chi connectivity index (χ0) is 14.2. The van der Waals surface area contributed by atoms with Gasteiger partial charge >= 0.3 is 5.97 Å². The molecular weight excluding hydrogens is 254 g/mol. The minimum Gasteiger partial charge on any atom is -0.481 e. The second kappa shape index (κ2) is 4.93. The number of carboxylic acid groups (broad SMARTS) is 1. The van der Waals surface area contributed by atoms with Crippen LogP contribution in [-0.4, -0.2) is 16.1 Å². The van der Waals surface area contributed by atoms with Crippen LogP contribution in [0.15, 0.2) is 22.6 Å². The summed E-state index contributed by atoms with van der Waals surface area (Å²) in [5.74, 6) is -0.162. The van der Waals surface area contributed by atoms with E-state index in [2.05, 4.69) is 4.98 Å². The first-order valence-electron chi connectivity index (χ1n) is 7.19. The van der Waals surface area contributed by atoms with Crippen LogP contribution in [0.4, 0.5) is 0 Å². The fourth-order valence-corrected chi connectivity index (χ4v) is 3.14. The summed E-state index contributed by atoms with van der Waals surface area (Å²) in [5, 5.41) is 9.60. The molecule has 20 heavy (non-hydrogen) atoms. The summed E-state index contributed by atoms with van der Waals surface area (Å²) in [5.41, 5.74) is 1.98. The molecule has 4 nitrogen and oxygen atoms in total. The maximum atomic E-state index is 11.7. The van der Waals surface area contributed by atoms with Crippen LogP contribution >= 0.6 is 0 Å². The average molecular weight is 273 g/mol. The smallest absolute Gasteiger partial charge is 0.310 e. The summed E-state index contributed by atoms with van der Waals surface area (Å²) >= 11 is 0. The van der Waals surface area contributed by atoms with Gasteiger partial charge in [0.1, 0.15) is 5.52 Å². The van der Waals surface area contributed by atoms with Crippen LogP contribution in [-0.2, 0) is 11.2 Å². The number of nitrogens with zero attached hydrogens (tertiary/aromatic N) is 1. The van der Waals surface area contributed by atoms with Crippen LogP contribution in [0.3, 0.4) is 0 Å². The molecule has 4 heteroatoms. The Morgan fingerprint density at radius 3 is 2.80 bits per heavy atom. The Morgan fingerprint density at radius 1 is 1.35 bits per heavy atom. The molecule has 0 spiro atoms. The number of aryl methyl sites for hydroxylation is 1. The topological polar surface area (TPSA) is 63.3 Å². The lowest BCUT2D eigenvalue weighted by Crippen LogP contribution is -2.35. The van der Waals surface area contributed by atoms with Gasteiger partial charge in [0.15, 0.2) is 11.5 Å². The largest absolute Gasteiger partial charge is 0.481 e. The minimum absolute atomic E-state index is 0.399. The predicted octanol–water partition coefficient (Wildman–Crippen LogP) is 3.71. The first-order valence-corrected chi connectivity index (χ1v) is 7.19. The molecule has 1 saturated carbocycles. The third-order valence-corrected chi connectivity index (χ3v) is 4.34. The van der Waals surface area contributed by atoms with Gasteiger partial charge < -0.3 is 9.52 Å². The number of benzene rings is 1. The molecule has 106 valence electrons. The molecule has 0 radical (unpaired) electrons. The number of hydrogen-bond acceptors (Lipinski definition) is 3. The first-order chi connectivity index (χ1) is 9.59. The number of carboxylic acids is 1. The number of aromatic nitrogens is 1. The van der Waals surface area contributed by atoms with Gasteiger partial charge in [-0.1, -0.05) is 25.3 Å². The molecule has 0 saturated heterocycles. The predicted molar refractivity (Wildman–Crippen MR) is 75.6 cm³/mol. The van der Waals surface area contributed by atoms with Gasteiger partial charge in [0, 0.05) is 6.42 Å². The lowest BCUT2D eigenvalue weighted by molar-refractivity contribution is -0.151. The van der Waals surface area contributed by atoms with E-state index in [9.17, 15) is 9.90 Å². The van der Waals surface area contributed by atoms with E-state index in [-0.39, 0.29) is 0 Å². The number of fused-ring (bicyclic) bond motifs is 1. The van der Waals surface area contributed by atoms with Crippen LogP contribution in [0.5, 0.6) is 0 Å². The molecule has 0 bridgehead atoms. The van der Waals surface area contributed by atoms with Gasteiger partial charge in [-0.15, -0.1) is 0 Å². The quantitative estimate of drug-likeness (QED) is 0.925. The van der Waals surface area contributed by atoms with E-state index in [0.717, 1.165) is 48.8 Å². The molecule has 1 aromatic heterocycles. The zero-order valence-corrected chi connectivity index (χ0v) is 11.7. The van der Waals surface area contributed by atoms with Gasteiger partial charge in [-0.05, 0) is 37.5 Å². The van der Waals surface area contributed by atoms with Crippen molar-refractivity contribution in [2.45, 2.75) is 45.4 Å². The summed E-state index contributed by atoms with van der Waals surface area (Å²) in [4.78, 5) is 16.1. The van der Waals surface area contributed by atoms with Gasteiger partial charge in [-0.3, -0.25) is 4.79 Å².